The van der Waals surface area contributed by atoms with Crippen LogP contribution in [0, 0.1) is 0 Å². The molecule has 0 bridgehead atoms. The van der Waals surface area contributed by atoms with Gasteiger partial charge in [-0.3, -0.25) is 4.79 Å². The minimum absolute atomic E-state index is 0.0806. The molecule has 6 heteroatoms. The third-order valence-corrected chi connectivity index (χ3v) is 6.13. The van der Waals surface area contributed by atoms with Gasteiger partial charge < -0.3 is 9.80 Å². The molecule has 0 aliphatic carbocycles. The molecule has 1 amide bonds. The number of rotatable bonds is 6. The van der Waals surface area contributed by atoms with E-state index < -0.39 is 9.84 Å². The van der Waals surface area contributed by atoms with Crippen molar-refractivity contribution in [2.45, 2.75) is 57.4 Å². The molecule has 1 spiro atoms. The first kappa shape index (κ1) is 17.7. The summed E-state index contributed by atoms with van der Waals surface area (Å²) in [5.41, 5.74) is -0.0806. The van der Waals surface area contributed by atoms with Gasteiger partial charge in [-0.25, -0.2) is 8.42 Å². The quantitative estimate of drug-likeness (QED) is 0.743. The summed E-state index contributed by atoms with van der Waals surface area (Å²) in [6.07, 6.45) is 8.28. The molecule has 0 saturated carbocycles. The molecule has 0 N–H and O–H groups in total. The van der Waals surface area contributed by atoms with Gasteiger partial charge in [-0.2, -0.15) is 0 Å². The summed E-state index contributed by atoms with van der Waals surface area (Å²) in [7, 11) is -3.03. The Hall–Kier alpha value is -0.620. The number of sulfone groups is 1. The van der Waals surface area contributed by atoms with E-state index in [4.69, 9.17) is 0 Å². The average molecular weight is 330 g/mol. The molecule has 0 unspecified atom stereocenters. The third-order valence-electron chi connectivity index (χ3n) is 5.20. The van der Waals surface area contributed by atoms with E-state index in [9.17, 15) is 13.2 Å². The van der Waals surface area contributed by atoms with Crippen LogP contribution in [0.3, 0.4) is 0 Å². The van der Waals surface area contributed by atoms with Crippen LogP contribution < -0.4 is 0 Å². The minimum atomic E-state index is -3.03. The van der Waals surface area contributed by atoms with Crippen molar-refractivity contribution in [3.8, 4) is 0 Å². The van der Waals surface area contributed by atoms with Crippen LogP contribution in [0.5, 0.6) is 0 Å². The fourth-order valence-corrected chi connectivity index (χ4v) is 4.37. The monoisotopic (exact) mass is 330 g/mol. The predicted molar refractivity (Wildman–Crippen MR) is 88.6 cm³/mol. The number of unbranched alkanes of at least 4 members (excludes halogenated alkanes) is 1. The molecule has 0 aromatic heterocycles. The molecule has 22 heavy (non-hydrogen) atoms. The fourth-order valence-electron chi connectivity index (χ4n) is 3.85. The Kier molecular flexibility index (Phi) is 5.88. The van der Waals surface area contributed by atoms with E-state index in [0.29, 0.717) is 13.0 Å². The Morgan fingerprint density at radius 3 is 2.59 bits per heavy atom. The fraction of sp³-hybridized carbons (Fsp3) is 0.938. The second-order valence-corrected chi connectivity index (χ2v) is 9.21. The van der Waals surface area contributed by atoms with Gasteiger partial charge in [0.2, 0.25) is 5.91 Å². The molecule has 1 atom stereocenters. The van der Waals surface area contributed by atoms with Crippen LogP contribution in [0.4, 0.5) is 0 Å². The Balaban J connectivity index is 2.02. The first-order chi connectivity index (χ1) is 10.4. The maximum atomic E-state index is 12.2. The first-order valence-electron chi connectivity index (χ1n) is 8.57. The molecule has 0 aromatic rings. The van der Waals surface area contributed by atoms with Crippen LogP contribution in [0.15, 0.2) is 0 Å². The van der Waals surface area contributed by atoms with Crippen LogP contribution in [0.2, 0.25) is 0 Å². The van der Waals surface area contributed by atoms with E-state index in [0.717, 1.165) is 45.3 Å². The van der Waals surface area contributed by atoms with Gasteiger partial charge in [0, 0.05) is 31.3 Å². The number of hydrogen-bond donors (Lipinski definition) is 0. The molecule has 2 heterocycles. The zero-order chi connectivity index (χ0) is 16.2. The number of hydrogen-bond acceptors (Lipinski definition) is 4. The molecule has 0 radical (unpaired) electrons. The van der Waals surface area contributed by atoms with Crippen molar-refractivity contribution < 1.29 is 13.2 Å². The summed E-state index contributed by atoms with van der Waals surface area (Å²) in [6.45, 7) is 5.86. The maximum Gasteiger partial charge on any atom is 0.223 e. The van der Waals surface area contributed by atoms with Gasteiger partial charge in [0.05, 0.1) is 5.75 Å². The molecule has 2 saturated heterocycles. The van der Waals surface area contributed by atoms with Crippen LogP contribution in [0.25, 0.3) is 0 Å². The standard InChI is InChI=1S/C16H30N2O3S/c1-3-4-10-17-11-5-7-16(9-12-17)8-6-15(19)18(16)13-14-22(2,20)21/h3-14H2,1-2H3/t16-/m1/s1. The maximum absolute atomic E-state index is 12.2. The summed E-state index contributed by atoms with van der Waals surface area (Å²) in [5.74, 6) is 0.227. The highest BCUT2D eigenvalue weighted by atomic mass is 32.2. The van der Waals surface area contributed by atoms with Gasteiger partial charge in [0.15, 0.2) is 0 Å². The predicted octanol–water partition coefficient (Wildman–Crippen LogP) is 1.68. The highest BCUT2D eigenvalue weighted by Gasteiger charge is 2.45. The summed E-state index contributed by atoms with van der Waals surface area (Å²) >= 11 is 0. The molecular weight excluding hydrogens is 300 g/mol. The van der Waals surface area contributed by atoms with Crippen molar-refractivity contribution >= 4 is 15.7 Å². The Labute approximate surface area is 135 Å². The largest absolute Gasteiger partial charge is 0.336 e. The highest BCUT2D eigenvalue weighted by Crippen LogP contribution is 2.39. The van der Waals surface area contributed by atoms with Crippen molar-refractivity contribution in [2.75, 3.05) is 38.2 Å². The van der Waals surface area contributed by atoms with E-state index in [2.05, 4.69) is 11.8 Å². The van der Waals surface area contributed by atoms with E-state index in [-0.39, 0.29) is 17.2 Å². The van der Waals surface area contributed by atoms with E-state index >= 15 is 0 Å². The Morgan fingerprint density at radius 1 is 1.14 bits per heavy atom. The van der Waals surface area contributed by atoms with Crippen LogP contribution in [-0.4, -0.2) is 67.9 Å². The normalized spacial score (nSPS) is 27.5. The zero-order valence-electron chi connectivity index (χ0n) is 14.0. The van der Waals surface area contributed by atoms with Gasteiger partial charge in [0.25, 0.3) is 0 Å². The Bertz CT molecular complexity index is 492. The van der Waals surface area contributed by atoms with Crippen LogP contribution >= 0.6 is 0 Å². The summed E-state index contributed by atoms with van der Waals surface area (Å²) in [5, 5.41) is 0. The zero-order valence-corrected chi connectivity index (χ0v) is 14.8. The lowest BCUT2D eigenvalue weighted by atomic mass is 9.88. The minimum Gasteiger partial charge on any atom is -0.336 e. The van der Waals surface area contributed by atoms with E-state index in [1.165, 1.54) is 19.1 Å². The smallest absolute Gasteiger partial charge is 0.223 e. The third kappa shape index (κ3) is 4.44. The topological polar surface area (TPSA) is 57.7 Å². The number of carbonyl (C=O) groups is 1. The van der Waals surface area contributed by atoms with Crippen LogP contribution in [0.1, 0.15) is 51.9 Å². The van der Waals surface area contributed by atoms with Gasteiger partial charge in [-0.05, 0) is 45.2 Å². The van der Waals surface area contributed by atoms with Gasteiger partial charge in [0.1, 0.15) is 9.84 Å². The van der Waals surface area contributed by atoms with Crippen molar-refractivity contribution in [1.82, 2.24) is 9.80 Å². The molecule has 2 aliphatic rings. The molecule has 5 nitrogen and oxygen atoms in total. The molecule has 2 aliphatic heterocycles. The van der Waals surface area contributed by atoms with Crippen LogP contribution in [-0.2, 0) is 14.6 Å². The lowest BCUT2D eigenvalue weighted by Crippen LogP contribution is -2.48. The number of carbonyl (C=O) groups excluding carboxylic acids is 1. The number of amides is 1. The van der Waals surface area contributed by atoms with E-state index in [1.54, 1.807) is 0 Å². The summed E-state index contributed by atoms with van der Waals surface area (Å²) in [6, 6.07) is 0. The molecular formula is C16H30N2O3S. The number of nitrogens with zero attached hydrogens (tertiary/aromatic N) is 2. The number of likely N-dealkylation sites (tertiary alicyclic amines) is 2. The van der Waals surface area contributed by atoms with Crippen molar-refractivity contribution in [3.63, 3.8) is 0 Å². The van der Waals surface area contributed by atoms with Crippen molar-refractivity contribution in [3.05, 3.63) is 0 Å². The van der Waals surface area contributed by atoms with Gasteiger partial charge in [-0.1, -0.05) is 13.3 Å². The molecule has 2 rings (SSSR count). The SMILES string of the molecule is CCCCN1CCC[C@@]2(CCC(=O)N2CCS(C)(=O)=O)CC1. The molecule has 2 fully saturated rings. The first-order valence-corrected chi connectivity index (χ1v) is 10.6. The lowest BCUT2D eigenvalue weighted by Gasteiger charge is -2.38. The lowest BCUT2D eigenvalue weighted by molar-refractivity contribution is -0.131. The molecule has 0 aromatic carbocycles. The Morgan fingerprint density at radius 2 is 1.91 bits per heavy atom. The van der Waals surface area contributed by atoms with Crippen molar-refractivity contribution in [2.24, 2.45) is 0 Å². The van der Waals surface area contributed by atoms with Gasteiger partial charge >= 0.3 is 0 Å². The van der Waals surface area contributed by atoms with Crippen molar-refractivity contribution in [1.29, 1.82) is 0 Å². The summed E-state index contributed by atoms with van der Waals surface area (Å²) in [4.78, 5) is 16.7. The van der Waals surface area contributed by atoms with Gasteiger partial charge in [-0.15, -0.1) is 0 Å². The highest BCUT2D eigenvalue weighted by molar-refractivity contribution is 7.90. The second kappa shape index (κ2) is 7.30. The second-order valence-electron chi connectivity index (χ2n) is 6.95. The molecule has 128 valence electrons. The van der Waals surface area contributed by atoms with E-state index in [1.807, 2.05) is 4.90 Å². The average Bonchev–Trinajstić information content (AvgIpc) is 2.62. The summed E-state index contributed by atoms with van der Waals surface area (Å²) < 4.78 is 22.9.